The van der Waals surface area contributed by atoms with Crippen LogP contribution >= 0.6 is 0 Å². The Morgan fingerprint density at radius 3 is 2.74 bits per heavy atom. The van der Waals surface area contributed by atoms with Crippen LogP contribution in [0.25, 0.3) is 11.0 Å². The summed E-state index contributed by atoms with van der Waals surface area (Å²) in [5.74, 6) is 0. The number of H-pyrrole nitrogens is 1. The molecule has 0 atom stereocenters. The first-order chi connectivity index (χ1) is 11.3. The molecule has 2 heterocycles. The zero-order valence-corrected chi connectivity index (χ0v) is 12.1. The predicted octanol–water partition coefficient (Wildman–Crippen LogP) is 2.92. The summed E-state index contributed by atoms with van der Waals surface area (Å²) in [6, 6.07) is 13.1. The number of fused-ring (bicyclic) bond motifs is 2. The number of rotatable bonds is 2. The maximum atomic E-state index is 10.6. The van der Waals surface area contributed by atoms with Crippen LogP contribution in [-0.2, 0) is 4.79 Å². The van der Waals surface area contributed by atoms with E-state index in [4.69, 9.17) is 0 Å². The van der Waals surface area contributed by atoms with Crippen LogP contribution < -0.4 is 10.2 Å². The molecule has 0 saturated carbocycles. The van der Waals surface area contributed by atoms with E-state index >= 15 is 0 Å². The monoisotopic (exact) mass is 306 g/mol. The average molecular weight is 306 g/mol. The number of carbonyl (C=O) groups is 2. The first-order valence-corrected chi connectivity index (χ1v) is 6.96. The van der Waals surface area contributed by atoms with E-state index in [1.54, 1.807) is 24.8 Å². The minimum absolute atomic E-state index is 0.628. The van der Waals surface area contributed by atoms with Crippen molar-refractivity contribution in [3.63, 3.8) is 0 Å². The van der Waals surface area contributed by atoms with E-state index in [0.717, 1.165) is 35.1 Å². The van der Waals surface area contributed by atoms with Gasteiger partial charge in [-0.3, -0.25) is 14.5 Å². The molecule has 0 bridgehead atoms. The fourth-order valence-electron chi connectivity index (χ4n) is 2.28. The Hall–Kier alpha value is -3.41. The lowest BCUT2D eigenvalue weighted by atomic mass is 10.2. The Kier molecular flexibility index (Phi) is 4.15. The number of aromatic amines is 1. The molecular weight excluding hydrogens is 292 g/mol. The van der Waals surface area contributed by atoms with E-state index in [9.17, 15) is 9.59 Å². The van der Waals surface area contributed by atoms with Gasteiger partial charge >= 0.3 is 0 Å². The number of aldehydes is 1. The molecule has 0 aliphatic carbocycles. The van der Waals surface area contributed by atoms with Crippen LogP contribution in [0.15, 0.2) is 61.2 Å². The second-order valence-electron chi connectivity index (χ2n) is 4.75. The van der Waals surface area contributed by atoms with Crippen molar-refractivity contribution in [2.75, 3.05) is 10.2 Å². The number of anilines is 2. The zero-order valence-electron chi connectivity index (χ0n) is 12.1. The van der Waals surface area contributed by atoms with Gasteiger partial charge in [-0.2, -0.15) is 0 Å². The topological polar surface area (TPSA) is 78.1 Å². The second kappa shape index (κ2) is 6.57. The van der Waals surface area contributed by atoms with Crippen molar-refractivity contribution in [3.05, 3.63) is 66.8 Å². The molecule has 114 valence electrons. The molecule has 6 nitrogen and oxygen atoms in total. The number of para-hydroxylation sites is 3. The fourth-order valence-corrected chi connectivity index (χ4v) is 2.28. The number of imidazole rings is 1. The van der Waals surface area contributed by atoms with Crippen LogP contribution in [-0.4, -0.2) is 22.7 Å². The number of amides is 1. The summed E-state index contributed by atoms with van der Waals surface area (Å²) in [5.41, 5.74) is 4.10. The molecule has 2 N–H and O–H groups in total. The first kappa shape index (κ1) is 14.5. The van der Waals surface area contributed by atoms with Crippen LogP contribution in [0, 0.1) is 0 Å². The third kappa shape index (κ3) is 2.96. The lowest BCUT2D eigenvalue weighted by molar-refractivity contribution is -0.106. The largest absolute Gasteiger partial charge is 0.359 e. The molecule has 3 aromatic rings. The van der Waals surface area contributed by atoms with Gasteiger partial charge in [-0.1, -0.05) is 18.2 Å². The van der Waals surface area contributed by atoms with Gasteiger partial charge in [0.2, 0.25) is 6.41 Å². The molecule has 1 aromatic heterocycles. The summed E-state index contributed by atoms with van der Waals surface area (Å²) in [6.45, 7) is 0. The van der Waals surface area contributed by atoms with Gasteiger partial charge in [-0.05, 0) is 24.3 Å². The standard InChI is InChI=1S/C9H8N2O.C8H6N2O/c12-7-11-6-5-10-8-3-1-2-4-9(8)11;11-4-6-2-1-3-7-8(6)10-5-9-7/h1-7,10H;1-5H,(H,9,10). The van der Waals surface area contributed by atoms with Crippen LogP contribution in [0.1, 0.15) is 10.4 Å². The third-order valence-electron chi connectivity index (χ3n) is 3.38. The van der Waals surface area contributed by atoms with Gasteiger partial charge in [0, 0.05) is 18.0 Å². The molecule has 0 fully saturated rings. The SMILES string of the molecule is O=CN1C=CNc2ccccc21.O=Cc1cccc2[nH]cnc12. The van der Waals surface area contributed by atoms with Crippen molar-refractivity contribution in [3.8, 4) is 0 Å². The highest BCUT2D eigenvalue weighted by Gasteiger charge is 2.09. The Morgan fingerprint density at radius 2 is 1.91 bits per heavy atom. The lowest BCUT2D eigenvalue weighted by Gasteiger charge is -2.20. The molecule has 0 saturated heterocycles. The number of hydrogen-bond donors (Lipinski definition) is 2. The highest BCUT2D eigenvalue weighted by molar-refractivity contribution is 5.93. The van der Waals surface area contributed by atoms with Gasteiger partial charge < -0.3 is 10.3 Å². The minimum Gasteiger partial charge on any atom is -0.359 e. The summed E-state index contributed by atoms with van der Waals surface area (Å²) >= 11 is 0. The number of nitrogens with zero attached hydrogens (tertiary/aromatic N) is 2. The van der Waals surface area contributed by atoms with Crippen molar-refractivity contribution in [1.82, 2.24) is 9.97 Å². The average Bonchev–Trinajstić information content (AvgIpc) is 3.10. The molecule has 0 radical (unpaired) electrons. The maximum absolute atomic E-state index is 10.6. The third-order valence-corrected chi connectivity index (χ3v) is 3.38. The van der Waals surface area contributed by atoms with Crippen molar-refractivity contribution in [2.24, 2.45) is 0 Å². The predicted molar refractivity (Wildman–Crippen MR) is 89.2 cm³/mol. The highest BCUT2D eigenvalue weighted by Crippen LogP contribution is 2.27. The van der Waals surface area contributed by atoms with Gasteiger partial charge in [-0.25, -0.2) is 4.98 Å². The van der Waals surface area contributed by atoms with Crippen LogP contribution in [0.4, 0.5) is 11.4 Å². The van der Waals surface area contributed by atoms with Crippen molar-refractivity contribution in [1.29, 1.82) is 0 Å². The summed E-state index contributed by atoms with van der Waals surface area (Å²) in [7, 11) is 0. The minimum atomic E-state index is 0.628. The molecule has 1 aliphatic heterocycles. The number of nitrogens with one attached hydrogen (secondary N) is 2. The smallest absolute Gasteiger partial charge is 0.218 e. The Labute approximate surface area is 132 Å². The van der Waals surface area contributed by atoms with Crippen molar-refractivity contribution >= 4 is 35.1 Å². The highest BCUT2D eigenvalue weighted by atomic mass is 16.1. The van der Waals surface area contributed by atoms with Crippen molar-refractivity contribution in [2.45, 2.75) is 0 Å². The number of carbonyl (C=O) groups excluding carboxylic acids is 2. The molecular formula is C17H14N4O2. The Balaban J connectivity index is 0.000000136. The summed E-state index contributed by atoms with van der Waals surface area (Å²) in [4.78, 5) is 29.5. The van der Waals surface area contributed by atoms with Gasteiger partial charge in [0.15, 0.2) is 6.29 Å². The summed E-state index contributed by atoms with van der Waals surface area (Å²) in [6.07, 6.45) is 6.60. The molecule has 0 spiro atoms. The Bertz CT molecular complexity index is 870. The number of benzene rings is 2. The van der Waals surface area contributed by atoms with E-state index in [1.165, 1.54) is 4.90 Å². The molecule has 6 heteroatoms. The van der Waals surface area contributed by atoms with Gasteiger partial charge in [0.25, 0.3) is 0 Å². The van der Waals surface area contributed by atoms with E-state index in [-0.39, 0.29) is 0 Å². The first-order valence-electron chi connectivity index (χ1n) is 6.96. The summed E-state index contributed by atoms with van der Waals surface area (Å²) in [5, 5.41) is 3.05. The lowest BCUT2D eigenvalue weighted by Crippen LogP contribution is -2.18. The molecule has 1 amide bonds. The van der Waals surface area contributed by atoms with Crippen LogP contribution in [0.3, 0.4) is 0 Å². The fraction of sp³-hybridized carbons (Fsp3) is 0. The maximum Gasteiger partial charge on any atom is 0.218 e. The Morgan fingerprint density at radius 1 is 1.04 bits per heavy atom. The van der Waals surface area contributed by atoms with Gasteiger partial charge in [-0.15, -0.1) is 0 Å². The van der Waals surface area contributed by atoms with E-state index in [0.29, 0.717) is 5.56 Å². The molecule has 23 heavy (non-hydrogen) atoms. The summed E-state index contributed by atoms with van der Waals surface area (Å²) < 4.78 is 0. The van der Waals surface area contributed by atoms with E-state index in [1.807, 2.05) is 36.4 Å². The quantitative estimate of drug-likeness (QED) is 0.714. The number of hydrogen-bond acceptors (Lipinski definition) is 4. The van der Waals surface area contributed by atoms with Gasteiger partial charge in [0.1, 0.15) is 0 Å². The molecule has 1 aliphatic rings. The second-order valence-corrected chi connectivity index (χ2v) is 4.75. The molecule has 2 aromatic carbocycles. The van der Waals surface area contributed by atoms with Crippen LogP contribution in [0.2, 0.25) is 0 Å². The molecule has 0 unspecified atom stereocenters. The zero-order chi connectivity index (χ0) is 16.1. The van der Waals surface area contributed by atoms with E-state index < -0.39 is 0 Å². The number of aromatic nitrogens is 2. The van der Waals surface area contributed by atoms with Crippen LogP contribution in [0.5, 0.6) is 0 Å². The van der Waals surface area contributed by atoms with Crippen molar-refractivity contribution < 1.29 is 9.59 Å². The van der Waals surface area contributed by atoms with Gasteiger partial charge in [0.05, 0.1) is 28.7 Å². The molecule has 4 rings (SSSR count). The normalized spacial score (nSPS) is 11.9. The van der Waals surface area contributed by atoms with E-state index in [2.05, 4.69) is 15.3 Å².